The molecule has 0 atom stereocenters. The van der Waals surface area contributed by atoms with Crippen LogP contribution in [0.2, 0.25) is 0 Å². The van der Waals surface area contributed by atoms with Crippen LogP contribution >= 0.6 is 0 Å². The summed E-state index contributed by atoms with van der Waals surface area (Å²) in [4.78, 5) is 14.6. The van der Waals surface area contributed by atoms with Crippen LogP contribution in [0.5, 0.6) is 0 Å². The van der Waals surface area contributed by atoms with E-state index >= 15 is 0 Å². The number of nitrogens with two attached hydrogens (primary N) is 1. The molecule has 178 valence electrons. The minimum absolute atomic E-state index is 0.267. The number of hydrogen-bond acceptors (Lipinski definition) is 7. The number of tetrazole rings is 1. The second-order valence-corrected chi connectivity index (χ2v) is 9.26. The smallest absolute Gasteiger partial charge is 0.204 e. The van der Waals surface area contributed by atoms with Crippen molar-refractivity contribution >= 4 is 27.8 Å². The van der Waals surface area contributed by atoms with Crippen molar-refractivity contribution in [3.8, 4) is 11.4 Å². The molecule has 3 heterocycles. The van der Waals surface area contributed by atoms with Crippen molar-refractivity contribution in [2.24, 2.45) is 12.8 Å². The third-order valence-electron chi connectivity index (χ3n) is 6.63. The Labute approximate surface area is 201 Å². The zero-order valence-electron chi connectivity index (χ0n) is 19.4. The fourth-order valence-corrected chi connectivity index (χ4v) is 4.85. The molecule has 2 aromatic carbocycles. The van der Waals surface area contributed by atoms with Crippen molar-refractivity contribution in [2.45, 2.75) is 44.2 Å². The molecule has 0 spiro atoms. The number of H-pyrrole nitrogens is 1. The molecule has 10 heteroatoms. The fourth-order valence-electron chi connectivity index (χ4n) is 4.85. The molecule has 0 unspecified atom stereocenters. The Morgan fingerprint density at radius 1 is 1.11 bits per heavy atom. The summed E-state index contributed by atoms with van der Waals surface area (Å²) in [5.74, 6) is 1.71. The first kappa shape index (κ1) is 21.6. The van der Waals surface area contributed by atoms with Gasteiger partial charge in [0.05, 0.1) is 12.4 Å². The number of anilines is 1. The summed E-state index contributed by atoms with van der Waals surface area (Å²) >= 11 is 0. The van der Waals surface area contributed by atoms with Crippen molar-refractivity contribution in [2.75, 3.05) is 5.32 Å². The Kier molecular flexibility index (Phi) is 5.37. The number of nitrogens with zero attached hydrogens (tertiary/aromatic N) is 6. The molecule has 6 rings (SSSR count). The van der Waals surface area contributed by atoms with E-state index in [1.165, 1.54) is 16.9 Å². The van der Waals surface area contributed by atoms with Gasteiger partial charge in [0, 0.05) is 35.0 Å². The molecular weight excluding hydrogens is 445 g/mol. The highest BCUT2D eigenvalue weighted by Gasteiger charge is 2.22. The SMILES string of the molecule is Cn1nnc(-c2ccc3c(c2)[nH]c2nc(Cc4cccc(F)c4)nc(NC4CCC(N)CC4)c23)n1. The third-order valence-corrected chi connectivity index (χ3v) is 6.63. The number of nitrogens with one attached hydrogen (secondary N) is 2. The third kappa shape index (κ3) is 4.32. The van der Waals surface area contributed by atoms with Crippen LogP contribution in [0.25, 0.3) is 33.3 Å². The molecule has 3 aromatic heterocycles. The van der Waals surface area contributed by atoms with Gasteiger partial charge in [-0.25, -0.2) is 14.4 Å². The van der Waals surface area contributed by atoms with Gasteiger partial charge in [0.15, 0.2) is 0 Å². The van der Waals surface area contributed by atoms with Crippen LogP contribution < -0.4 is 11.1 Å². The lowest BCUT2D eigenvalue weighted by molar-refractivity contribution is 0.410. The second-order valence-electron chi connectivity index (χ2n) is 9.26. The predicted molar refractivity (Wildman–Crippen MR) is 132 cm³/mol. The average molecular weight is 472 g/mol. The van der Waals surface area contributed by atoms with Crippen molar-refractivity contribution in [3.63, 3.8) is 0 Å². The molecule has 0 amide bonds. The van der Waals surface area contributed by atoms with Gasteiger partial charge in [0.1, 0.15) is 23.1 Å². The lowest BCUT2D eigenvalue weighted by atomic mass is 9.92. The maximum atomic E-state index is 13.8. The van der Waals surface area contributed by atoms with Crippen molar-refractivity contribution in [3.05, 3.63) is 59.7 Å². The molecule has 0 aliphatic heterocycles. The average Bonchev–Trinajstić information content (AvgIpc) is 3.43. The normalized spacial score (nSPS) is 18.4. The number of aryl methyl sites for hydroxylation is 1. The highest BCUT2D eigenvalue weighted by atomic mass is 19.1. The first-order chi connectivity index (χ1) is 17.0. The van der Waals surface area contributed by atoms with E-state index < -0.39 is 0 Å². The van der Waals surface area contributed by atoms with Gasteiger partial charge in [0.25, 0.3) is 0 Å². The van der Waals surface area contributed by atoms with Crippen LogP contribution in [0.3, 0.4) is 0 Å². The predicted octanol–water partition coefficient (Wildman–Crippen LogP) is 3.71. The maximum Gasteiger partial charge on any atom is 0.204 e. The van der Waals surface area contributed by atoms with Gasteiger partial charge >= 0.3 is 0 Å². The van der Waals surface area contributed by atoms with Gasteiger partial charge < -0.3 is 16.0 Å². The highest BCUT2D eigenvalue weighted by Crippen LogP contribution is 2.33. The second kappa shape index (κ2) is 8.70. The molecule has 1 aliphatic carbocycles. The Hall–Kier alpha value is -3.92. The van der Waals surface area contributed by atoms with E-state index in [4.69, 9.17) is 15.7 Å². The fraction of sp³-hybridized carbons (Fsp3) is 0.320. The minimum atomic E-state index is -0.267. The van der Waals surface area contributed by atoms with Crippen LogP contribution in [0, 0.1) is 5.82 Å². The molecule has 0 saturated heterocycles. The van der Waals surface area contributed by atoms with Crippen molar-refractivity contribution < 1.29 is 4.39 Å². The summed E-state index contributed by atoms with van der Waals surface area (Å²) in [5.41, 5.74) is 9.46. The number of benzene rings is 2. The number of aromatic nitrogens is 7. The van der Waals surface area contributed by atoms with Crippen LogP contribution in [0.15, 0.2) is 42.5 Å². The van der Waals surface area contributed by atoms with Gasteiger partial charge in [-0.3, -0.25) is 0 Å². The Balaban J connectivity index is 1.44. The lowest BCUT2D eigenvalue weighted by Gasteiger charge is -2.27. The van der Waals surface area contributed by atoms with E-state index in [2.05, 4.69) is 25.7 Å². The Morgan fingerprint density at radius 2 is 1.97 bits per heavy atom. The van der Waals surface area contributed by atoms with Gasteiger partial charge in [0.2, 0.25) is 5.82 Å². The topological polar surface area (TPSA) is 123 Å². The summed E-state index contributed by atoms with van der Waals surface area (Å²) in [6.45, 7) is 0. The maximum absolute atomic E-state index is 13.8. The van der Waals surface area contributed by atoms with E-state index in [1.54, 1.807) is 13.1 Å². The van der Waals surface area contributed by atoms with Gasteiger partial charge in [-0.2, -0.15) is 4.80 Å². The molecule has 1 saturated carbocycles. The Morgan fingerprint density at radius 3 is 2.74 bits per heavy atom. The van der Waals surface area contributed by atoms with E-state index in [-0.39, 0.29) is 11.9 Å². The van der Waals surface area contributed by atoms with Gasteiger partial charge in [-0.05, 0) is 54.7 Å². The van der Waals surface area contributed by atoms with Crippen molar-refractivity contribution in [1.29, 1.82) is 0 Å². The molecule has 1 aliphatic rings. The van der Waals surface area contributed by atoms with Gasteiger partial charge in [-0.1, -0.05) is 24.3 Å². The van der Waals surface area contributed by atoms with E-state index in [0.717, 1.165) is 64.6 Å². The van der Waals surface area contributed by atoms with Crippen molar-refractivity contribution in [1.82, 2.24) is 35.2 Å². The molecule has 1 fully saturated rings. The van der Waals surface area contributed by atoms with Crippen LogP contribution in [-0.4, -0.2) is 47.2 Å². The lowest BCUT2D eigenvalue weighted by Crippen LogP contribution is -2.33. The number of halogens is 1. The van der Waals surface area contributed by atoms with E-state index in [0.29, 0.717) is 24.1 Å². The number of aromatic amines is 1. The molecule has 5 aromatic rings. The largest absolute Gasteiger partial charge is 0.367 e. The first-order valence-electron chi connectivity index (χ1n) is 11.8. The monoisotopic (exact) mass is 471 g/mol. The summed E-state index contributed by atoms with van der Waals surface area (Å²) in [6.07, 6.45) is 4.41. The van der Waals surface area contributed by atoms with E-state index in [9.17, 15) is 4.39 Å². The number of hydrogen-bond donors (Lipinski definition) is 3. The summed E-state index contributed by atoms with van der Waals surface area (Å²) in [6, 6.07) is 13.1. The summed E-state index contributed by atoms with van der Waals surface area (Å²) < 4.78 is 13.8. The zero-order chi connectivity index (χ0) is 23.9. The molecule has 0 radical (unpaired) electrons. The van der Waals surface area contributed by atoms with Gasteiger partial charge in [-0.15, -0.1) is 10.2 Å². The molecule has 9 nitrogen and oxygen atoms in total. The summed E-state index contributed by atoms with van der Waals surface area (Å²) in [7, 11) is 1.74. The first-order valence-corrected chi connectivity index (χ1v) is 11.8. The molecule has 4 N–H and O–H groups in total. The quantitative estimate of drug-likeness (QED) is 0.357. The molecular formula is C25H26FN9. The molecule has 35 heavy (non-hydrogen) atoms. The van der Waals surface area contributed by atoms with Crippen LogP contribution in [0.1, 0.15) is 37.1 Å². The minimum Gasteiger partial charge on any atom is -0.367 e. The highest BCUT2D eigenvalue weighted by molar-refractivity contribution is 6.11. The zero-order valence-corrected chi connectivity index (χ0v) is 19.4. The van der Waals surface area contributed by atoms with Crippen LogP contribution in [-0.2, 0) is 13.5 Å². The summed E-state index contributed by atoms with van der Waals surface area (Å²) in [5, 5.41) is 18.0. The molecule has 0 bridgehead atoms. The number of fused-ring (bicyclic) bond motifs is 3. The van der Waals surface area contributed by atoms with E-state index in [1.807, 2.05) is 24.3 Å². The van der Waals surface area contributed by atoms with Crippen LogP contribution in [0.4, 0.5) is 10.2 Å². The Bertz CT molecular complexity index is 1510. The number of rotatable bonds is 5. The standard InChI is InChI=1S/C25H26FN9/c1-35-33-23(32-34-35)15-5-10-19-20(13-15)29-25-22(19)24(28-18-8-6-17(27)7-9-18)30-21(31-25)12-14-3-2-4-16(26)11-14/h2-5,10-11,13,17-18H,6-9,12,27H2,1H3,(H2,28,29,30,31).